The first-order chi connectivity index (χ1) is 7.70. The van der Waals surface area contributed by atoms with Gasteiger partial charge in [0.2, 0.25) is 5.95 Å². The molecule has 1 aliphatic heterocycles. The van der Waals surface area contributed by atoms with E-state index < -0.39 is 0 Å². The molecular weight excluding hydrogens is 204 g/mol. The van der Waals surface area contributed by atoms with Gasteiger partial charge >= 0.3 is 0 Å². The zero-order valence-electron chi connectivity index (χ0n) is 9.56. The predicted molar refractivity (Wildman–Crippen MR) is 63.3 cm³/mol. The van der Waals surface area contributed by atoms with E-state index in [1.54, 1.807) is 0 Å². The number of anilines is 2. The van der Waals surface area contributed by atoms with Crippen LogP contribution in [0, 0.1) is 6.92 Å². The van der Waals surface area contributed by atoms with E-state index in [9.17, 15) is 5.11 Å². The lowest BCUT2D eigenvalue weighted by molar-refractivity contribution is 0.239. The smallest absolute Gasteiger partial charge is 0.222 e. The maximum absolute atomic E-state index is 9.35. The second kappa shape index (κ2) is 4.65. The summed E-state index contributed by atoms with van der Waals surface area (Å²) in [6.07, 6.45) is 3.32. The second-order valence-corrected chi connectivity index (χ2v) is 4.25. The molecule has 0 bridgehead atoms. The predicted octanol–water partition coefficient (Wildman–Crippen LogP) is 0.718. The SMILES string of the molecule is Cc1cc(N2CCCCC2CO)nc(N)n1. The summed E-state index contributed by atoms with van der Waals surface area (Å²) < 4.78 is 0. The van der Waals surface area contributed by atoms with E-state index in [4.69, 9.17) is 5.73 Å². The maximum atomic E-state index is 9.35. The van der Waals surface area contributed by atoms with Crippen molar-refractivity contribution >= 4 is 11.8 Å². The van der Waals surface area contributed by atoms with Crippen LogP contribution in [-0.4, -0.2) is 34.3 Å². The van der Waals surface area contributed by atoms with Crippen LogP contribution in [0.15, 0.2) is 6.07 Å². The average Bonchev–Trinajstić information content (AvgIpc) is 2.27. The first-order valence-corrected chi connectivity index (χ1v) is 5.69. The van der Waals surface area contributed by atoms with Crippen LogP contribution in [-0.2, 0) is 0 Å². The van der Waals surface area contributed by atoms with Crippen LogP contribution in [0.5, 0.6) is 0 Å². The molecule has 0 amide bonds. The van der Waals surface area contributed by atoms with Crippen LogP contribution in [0.4, 0.5) is 11.8 Å². The van der Waals surface area contributed by atoms with Crippen LogP contribution in [0.2, 0.25) is 0 Å². The Morgan fingerprint density at radius 3 is 3.00 bits per heavy atom. The monoisotopic (exact) mass is 222 g/mol. The molecule has 5 heteroatoms. The van der Waals surface area contributed by atoms with Gasteiger partial charge in [0.15, 0.2) is 0 Å². The minimum Gasteiger partial charge on any atom is -0.394 e. The topological polar surface area (TPSA) is 75.3 Å². The van der Waals surface area contributed by atoms with Crippen LogP contribution < -0.4 is 10.6 Å². The molecule has 88 valence electrons. The lowest BCUT2D eigenvalue weighted by atomic mass is 10.0. The van der Waals surface area contributed by atoms with Gasteiger partial charge in [0.05, 0.1) is 12.6 Å². The van der Waals surface area contributed by atoms with Crippen LogP contribution in [0.1, 0.15) is 25.0 Å². The molecule has 1 aromatic heterocycles. The van der Waals surface area contributed by atoms with Crippen molar-refractivity contribution in [1.82, 2.24) is 9.97 Å². The van der Waals surface area contributed by atoms with Gasteiger partial charge in [-0.1, -0.05) is 0 Å². The number of nitrogens with zero attached hydrogens (tertiary/aromatic N) is 3. The van der Waals surface area contributed by atoms with E-state index in [0.717, 1.165) is 30.9 Å². The van der Waals surface area contributed by atoms with Crippen molar-refractivity contribution in [2.75, 3.05) is 23.8 Å². The number of aromatic nitrogens is 2. The number of hydrogen-bond donors (Lipinski definition) is 2. The van der Waals surface area contributed by atoms with Gasteiger partial charge in [0.25, 0.3) is 0 Å². The number of hydrogen-bond acceptors (Lipinski definition) is 5. The minimum absolute atomic E-state index is 0.169. The molecule has 1 aliphatic rings. The Bertz CT molecular complexity index is 349. The summed E-state index contributed by atoms with van der Waals surface area (Å²) in [4.78, 5) is 10.4. The molecule has 3 N–H and O–H groups in total. The maximum Gasteiger partial charge on any atom is 0.222 e. The number of aliphatic hydroxyl groups is 1. The zero-order valence-corrected chi connectivity index (χ0v) is 9.56. The van der Waals surface area contributed by atoms with Gasteiger partial charge in [-0.25, -0.2) is 4.98 Å². The fourth-order valence-corrected chi connectivity index (χ4v) is 2.21. The van der Waals surface area contributed by atoms with E-state index in [1.807, 2.05) is 13.0 Å². The molecule has 1 fully saturated rings. The molecule has 1 unspecified atom stereocenters. The van der Waals surface area contributed by atoms with E-state index in [2.05, 4.69) is 14.9 Å². The van der Waals surface area contributed by atoms with Crippen molar-refractivity contribution in [2.24, 2.45) is 0 Å². The third-order valence-electron chi connectivity index (χ3n) is 2.99. The third kappa shape index (κ3) is 2.24. The standard InChI is InChI=1S/C11H18N4O/c1-8-6-10(14-11(12)13-8)15-5-3-2-4-9(15)7-16/h6,9,16H,2-5,7H2,1H3,(H2,12,13,14). The zero-order chi connectivity index (χ0) is 11.5. The first kappa shape index (κ1) is 11.1. The molecule has 1 saturated heterocycles. The number of piperidine rings is 1. The number of rotatable bonds is 2. The third-order valence-corrected chi connectivity index (χ3v) is 2.99. The summed E-state index contributed by atoms with van der Waals surface area (Å²) in [7, 11) is 0. The Balaban J connectivity index is 2.26. The molecule has 0 spiro atoms. The van der Waals surface area contributed by atoms with Gasteiger partial charge in [-0.3, -0.25) is 0 Å². The Kier molecular flexibility index (Phi) is 3.24. The second-order valence-electron chi connectivity index (χ2n) is 4.25. The summed E-state index contributed by atoms with van der Waals surface area (Å²) in [5.74, 6) is 1.14. The molecule has 0 aromatic carbocycles. The van der Waals surface area contributed by atoms with E-state index in [-0.39, 0.29) is 12.6 Å². The molecule has 0 saturated carbocycles. The molecule has 2 rings (SSSR count). The summed E-state index contributed by atoms with van der Waals surface area (Å²) in [5, 5.41) is 9.35. The van der Waals surface area contributed by atoms with Crippen LogP contribution in [0.3, 0.4) is 0 Å². The van der Waals surface area contributed by atoms with E-state index in [1.165, 1.54) is 6.42 Å². The van der Waals surface area contributed by atoms with Crippen LogP contribution >= 0.6 is 0 Å². The van der Waals surface area contributed by atoms with Gasteiger partial charge in [-0.2, -0.15) is 4.98 Å². The summed E-state index contributed by atoms with van der Waals surface area (Å²) >= 11 is 0. The van der Waals surface area contributed by atoms with Gasteiger partial charge in [-0.15, -0.1) is 0 Å². The van der Waals surface area contributed by atoms with Gasteiger partial charge in [0.1, 0.15) is 5.82 Å². The van der Waals surface area contributed by atoms with Crippen molar-refractivity contribution in [3.8, 4) is 0 Å². The van der Waals surface area contributed by atoms with Gasteiger partial charge in [-0.05, 0) is 26.2 Å². The molecule has 2 heterocycles. The van der Waals surface area contributed by atoms with E-state index >= 15 is 0 Å². The molecule has 1 aromatic rings. The molecular formula is C11H18N4O. The quantitative estimate of drug-likeness (QED) is 0.771. The highest BCUT2D eigenvalue weighted by Gasteiger charge is 2.23. The van der Waals surface area contributed by atoms with E-state index in [0.29, 0.717) is 5.95 Å². The average molecular weight is 222 g/mol. The van der Waals surface area contributed by atoms with Crippen molar-refractivity contribution in [3.63, 3.8) is 0 Å². The van der Waals surface area contributed by atoms with Crippen molar-refractivity contribution < 1.29 is 5.11 Å². The number of aryl methyl sites for hydroxylation is 1. The Labute approximate surface area is 95.3 Å². The number of nitrogens with two attached hydrogens (primary N) is 1. The fourth-order valence-electron chi connectivity index (χ4n) is 2.21. The van der Waals surface area contributed by atoms with Gasteiger partial charge < -0.3 is 15.7 Å². The lowest BCUT2D eigenvalue weighted by Crippen LogP contribution is -2.42. The van der Waals surface area contributed by atoms with Crippen LogP contribution in [0.25, 0.3) is 0 Å². The number of nitrogen functional groups attached to an aromatic ring is 1. The molecule has 0 aliphatic carbocycles. The first-order valence-electron chi connectivity index (χ1n) is 5.69. The molecule has 0 radical (unpaired) electrons. The highest BCUT2D eigenvalue weighted by Crippen LogP contribution is 2.23. The highest BCUT2D eigenvalue weighted by atomic mass is 16.3. The molecule has 5 nitrogen and oxygen atoms in total. The molecule has 1 atom stereocenters. The molecule has 16 heavy (non-hydrogen) atoms. The lowest BCUT2D eigenvalue weighted by Gasteiger charge is -2.35. The summed E-state index contributed by atoms with van der Waals surface area (Å²) in [5.41, 5.74) is 6.51. The fraction of sp³-hybridized carbons (Fsp3) is 0.636. The number of aliphatic hydroxyl groups excluding tert-OH is 1. The Morgan fingerprint density at radius 2 is 2.31 bits per heavy atom. The van der Waals surface area contributed by atoms with Gasteiger partial charge in [0, 0.05) is 18.3 Å². The van der Waals surface area contributed by atoms with Crippen molar-refractivity contribution in [3.05, 3.63) is 11.8 Å². The normalized spacial score (nSPS) is 21.1. The Morgan fingerprint density at radius 1 is 1.50 bits per heavy atom. The minimum atomic E-state index is 0.169. The Hall–Kier alpha value is -1.36. The highest BCUT2D eigenvalue weighted by molar-refractivity contribution is 5.44. The summed E-state index contributed by atoms with van der Waals surface area (Å²) in [6.45, 7) is 3.00. The van der Waals surface area contributed by atoms with Crippen molar-refractivity contribution in [2.45, 2.75) is 32.2 Å². The summed E-state index contributed by atoms with van der Waals surface area (Å²) in [6, 6.07) is 2.09. The van der Waals surface area contributed by atoms with Crippen molar-refractivity contribution in [1.29, 1.82) is 0 Å². The largest absolute Gasteiger partial charge is 0.394 e.